The second kappa shape index (κ2) is 5.21. The highest BCUT2D eigenvalue weighted by Crippen LogP contribution is 2.41. The Morgan fingerprint density at radius 2 is 1.95 bits per heavy atom. The zero-order chi connectivity index (χ0) is 15.8. The molecule has 0 unspecified atom stereocenters. The first-order chi connectivity index (χ1) is 9.74. The Hall–Kier alpha value is -2.35. The predicted molar refractivity (Wildman–Crippen MR) is 66.2 cm³/mol. The van der Waals surface area contributed by atoms with Crippen molar-refractivity contribution in [1.29, 1.82) is 0 Å². The Balaban J connectivity index is 2.72. The molecule has 0 aliphatic heterocycles. The van der Waals surface area contributed by atoms with E-state index in [1.807, 2.05) is 0 Å². The van der Waals surface area contributed by atoms with Crippen molar-refractivity contribution in [1.82, 2.24) is 0 Å². The molecule has 0 atom stereocenters. The highest BCUT2D eigenvalue weighted by Gasteiger charge is 2.36. The molecule has 0 aliphatic rings. The molecule has 0 radical (unpaired) electrons. The third-order valence-electron chi connectivity index (χ3n) is 2.60. The molecule has 5 nitrogen and oxygen atoms in total. The Bertz CT molecular complexity index is 724. The van der Waals surface area contributed by atoms with Crippen molar-refractivity contribution in [2.24, 2.45) is 0 Å². The number of furan rings is 1. The summed E-state index contributed by atoms with van der Waals surface area (Å²) >= 11 is 5.44. The van der Waals surface area contributed by atoms with Crippen LogP contribution in [0.5, 0.6) is 0 Å². The van der Waals surface area contributed by atoms with Gasteiger partial charge in [-0.25, -0.2) is 0 Å². The summed E-state index contributed by atoms with van der Waals surface area (Å²) in [5, 5.41) is 10.1. The molecule has 1 aromatic heterocycles. The van der Waals surface area contributed by atoms with Crippen molar-refractivity contribution in [3.63, 3.8) is 0 Å². The quantitative estimate of drug-likeness (QED) is 0.479. The molecule has 2 rings (SSSR count). The summed E-state index contributed by atoms with van der Waals surface area (Å²) in [5.74, 6) is -0.395. The molecule has 0 saturated carbocycles. The van der Waals surface area contributed by atoms with E-state index < -0.39 is 32.9 Å². The Morgan fingerprint density at radius 3 is 2.43 bits per heavy atom. The molecule has 2 aromatic rings. The minimum absolute atomic E-state index is 0.164. The van der Waals surface area contributed by atoms with Crippen molar-refractivity contribution in [3.8, 4) is 11.3 Å². The summed E-state index contributed by atoms with van der Waals surface area (Å²) in [4.78, 5) is 20.6. The number of benzene rings is 1. The van der Waals surface area contributed by atoms with Crippen LogP contribution in [0.15, 0.2) is 28.7 Å². The minimum Gasteiger partial charge on any atom is -0.453 e. The monoisotopic (exact) mass is 319 g/mol. The van der Waals surface area contributed by atoms with Gasteiger partial charge >= 0.3 is 6.18 Å². The molecule has 0 spiro atoms. The first-order valence-electron chi connectivity index (χ1n) is 5.34. The van der Waals surface area contributed by atoms with Gasteiger partial charge in [-0.15, -0.1) is 0 Å². The van der Waals surface area contributed by atoms with Crippen LogP contribution in [0.3, 0.4) is 0 Å². The Kier molecular flexibility index (Phi) is 3.73. The third kappa shape index (κ3) is 2.89. The number of carbonyl (C=O) groups is 1. The van der Waals surface area contributed by atoms with Crippen LogP contribution in [0.1, 0.15) is 16.1 Å². The SMILES string of the molecule is O=Cc1ccc(-c2cc(C(F)(F)F)c(Cl)cc2[N+](=O)[O-])o1. The first-order valence-corrected chi connectivity index (χ1v) is 5.72. The molecular formula is C12H5ClF3NO4. The highest BCUT2D eigenvalue weighted by molar-refractivity contribution is 6.31. The van der Waals surface area contributed by atoms with E-state index in [0.29, 0.717) is 18.4 Å². The van der Waals surface area contributed by atoms with Crippen LogP contribution in [0.2, 0.25) is 5.02 Å². The van der Waals surface area contributed by atoms with Crippen LogP contribution in [-0.2, 0) is 6.18 Å². The lowest BCUT2D eigenvalue weighted by Gasteiger charge is -2.10. The molecule has 0 saturated heterocycles. The fourth-order valence-corrected chi connectivity index (χ4v) is 1.95. The van der Waals surface area contributed by atoms with Crippen molar-refractivity contribution in [3.05, 3.63) is 50.7 Å². The average molecular weight is 320 g/mol. The van der Waals surface area contributed by atoms with Gasteiger partial charge in [0.25, 0.3) is 5.69 Å². The number of halogens is 4. The fourth-order valence-electron chi connectivity index (χ4n) is 1.69. The number of alkyl halides is 3. The van der Waals surface area contributed by atoms with Gasteiger partial charge in [-0.1, -0.05) is 11.6 Å². The number of carbonyl (C=O) groups excluding carboxylic acids is 1. The number of nitrogens with zero attached hydrogens (tertiary/aromatic N) is 1. The van der Waals surface area contributed by atoms with Crippen LogP contribution < -0.4 is 0 Å². The van der Waals surface area contributed by atoms with E-state index in [1.54, 1.807) is 0 Å². The largest absolute Gasteiger partial charge is 0.453 e. The second-order valence-corrected chi connectivity index (χ2v) is 4.33. The van der Waals surface area contributed by atoms with E-state index in [9.17, 15) is 28.1 Å². The van der Waals surface area contributed by atoms with Gasteiger partial charge in [0.15, 0.2) is 12.0 Å². The van der Waals surface area contributed by atoms with Gasteiger partial charge in [0.05, 0.1) is 21.1 Å². The van der Waals surface area contributed by atoms with Gasteiger partial charge < -0.3 is 4.42 Å². The Morgan fingerprint density at radius 1 is 1.29 bits per heavy atom. The van der Waals surface area contributed by atoms with E-state index in [2.05, 4.69) is 0 Å². The molecule has 0 N–H and O–H groups in total. The van der Waals surface area contributed by atoms with E-state index in [0.717, 1.165) is 0 Å². The molecular weight excluding hydrogens is 315 g/mol. The maximum Gasteiger partial charge on any atom is 0.417 e. The van der Waals surface area contributed by atoms with Gasteiger partial charge in [-0.05, 0) is 18.2 Å². The minimum atomic E-state index is -4.78. The van der Waals surface area contributed by atoms with E-state index >= 15 is 0 Å². The second-order valence-electron chi connectivity index (χ2n) is 3.92. The van der Waals surface area contributed by atoms with Crippen molar-refractivity contribution in [2.45, 2.75) is 6.18 Å². The number of rotatable bonds is 3. The molecule has 1 aromatic carbocycles. The Labute approximate surface area is 120 Å². The predicted octanol–water partition coefficient (Wildman–Crippen LogP) is 4.34. The number of nitro benzene ring substituents is 1. The van der Waals surface area contributed by atoms with Crippen LogP contribution in [0.25, 0.3) is 11.3 Å². The maximum atomic E-state index is 12.8. The molecule has 21 heavy (non-hydrogen) atoms. The van der Waals surface area contributed by atoms with Gasteiger partial charge in [-0.2, -0.15) is 13.2 Å². The smallest absolute Gasteiger partial charge is 0.417 e. The topological polar surface area (TPSA) is 73.3 Å². The van der Waals surface area contributed by atoms with Gasteiger partial charge in [-0.3, -0.25) is 14.9 Å². The lowest BCUT2D eigenvalue weighted by Crippen LogP contribution is -2.07. The van der Waals surface area contributed by atoms with Crippen molar-refractivity contribution >= 4 is 23.6 Å². The standard InChI is InChI=1S/C12H5ClF3NO4/c13-9-4-10(17(19)20)7(3-8(9)12(14,15)16)11-2-1-6(5-18)21-11/h1-5H. The molecule has 0 aliphatic carbocycles. The van der Waals surface area contributed by atoms with Crippen molar-refractivity contribution in [2.75, 3.05) is 0 Å². The van der Waals surface area contributed by atoms with E-state index in [4.69, 9.17) is 16.0 Å². The lowest BCUT2D eigenvalue weighted by atomic mass is 10.1. The molecule has 0 fully saturated rings. The molecule has 110 valence electrons. The van der Waals surface area contributed by atoms with Gasteiger partial charge in [0.2, 0.25) is 0 Å². The molecule has 0 amide bonds. The average Bonchev–Trinajstić information content (AvgIpc) is 2.85. The molecule has 1 heterocycles. The summed E-state index contributed by atoms with van der Waals surface area (Å²) in [5.41, 5.74) is -2.29. The summed E-state index contributed by atoms with van der Waals surface area (Å²) < 4.78 is 43.4. The first kappa shape index (κ1) is 15.0. The van der Waals surface area contributed by atoms with Crippen LogP contribution >= 0.6 is 11.6 Å². The zero-order valence-electron chi connectivity index (χ0n) is 9.98. The fraction of sp³-hybridized carbons (Fsp3) is 0.0833. The van der Waals surface area contributed by atoms with Gasteiger partial charge in [0.1, 0.15) is 5.76 Å². The number of aldehydes is 1. The summed E-state index contributed by atoms with van der Waals surface area (Å²) in [6.45, 7) is 0. The van der Waals surface area contributed by atoms with Crippen LogP contribution in [-0.4, -0.2) is 11.2 Å². The summed E-state index contributed by atoms with van der Waals surface area (Å²) in [7, 11) is 0. The highest BCUT2D eigenvalue weighted by atomic mass is 35.5. The third-order valence-corrected chi connectivity index (χ3v) is 2.91. The van der Waals surface area contributed by atoms with E-state index in [-0.39, 0.29) is 11.5 Å². The van der Waals surface area contributed by atoms with Gasteiger partial charge in [0, 0.05) is 6.07 Å². The lowest BCUT2D eigenvalue weighted by molar-refractivity contribution is -0.384. The van der Waals surface area contributed by atoms with Crippen molar-refractivity contribution < 1.29 is 27.3 Å². The zero-order valence-corrected chi connectivity index (χ0v) is 10.7. The maximum absolute atomic E-state index is 12.8. The number of hydrogen-bond acceptors (Lipinski definition) is 4. The van der Waals surface area contributed by atoms with Crippen LogP contribution in [0.4, 0.5) is 18.9 Å². The summed E-state index contributed by atoms with van der Waals surface area (Å²) in [6, 6.07) is 3.48. The van der Waals surface area contributed by atoms with E-state index in [1.165, 1.54) is 12.1 Å². The summed E-state index contributed by atoms with van der Waals surface area (Å²) in [6.07, 6.45) is -4.45. The normalized spacial score (nSPS) is 11.4. The van der Waals surface area contributed by atoms with Crippen LogP contribution in [0, 0.1) is 10.1 Å². The molecule has 0 bridgehead atoms. The molecule has 9 heteroatoms. The number of nitro groups is 1. The number of hydrogen-bond donors (Lipinski definition) is 0.